The number of nitrogens with one attached hydrogen (secondary N) is 1. The van der Waals surface area contributed by atoms with Gasteiger partial charge in [0.05, 0.1) is 6.04 Å². The number of carbonyl (C=O) groups excluding carboxylic acids is 2. The summed E-state index contributed by atoms with van der Waals surface area (Å²) < 4.78 is 0. The maximum Gasteiger partial charge on any atom is 0.225 e. The second-order valence-corrected chi connectivity index (χ2v) is 8.02. The molecule has 4 nitrogen and oxygen atoms in total. The van der Waals surface area contributed by atoms with Crippen LogP contribution in [0.5, 0.6) is 0 Å². The van der Waals surface area contributed by atoms with Crippen LogP contribution >= 0.6 is 0 Å². The van der Waals surface area contributed by atoms with Crippen LogP contribution in [0.2, 0.25) is 0 Å². The minimum atomic E-state index is -0.162. The Balaban J connectivity index is 1.70. The van der Waals surface area contributed by atoms with Gasteiger partial charge >= 0.3 is 0 Å². The molecular weight excluding hydrogens is 348 g/mol. The zero-order valence-electron chi connectivity index (χ0n) is 17.0. The number of piperidine rings is 1. The van der Waals surface area contributed by atoms with Gasteiger partial charge in [-0.1, -0.05) is 74.0 Å². The van der Waals surface area contributed by atoms with Gasteiger partial charge in [-0.3, -0.25) is 9.59 Å². The first-order valence-electron chi connectivity index (χ1n) is 10.2. The van der Waals surface area contributed by atoms with Gasteiger partial charge in [-0.25, -0.2) is 0 Å². The minimum Gasteiger partial charge on any atom is -0.345 e. The third-order valence-corrected chi connectivity index (χ3v) is 5.50. The Kier molecular flexibility index (Phi) is 6.50. The summed E-state index contributed by atoms with van der Waals surface area (Å²) in [5, 5.41) is 3.26. The van der Waals surface area contributed by atoms with Gasteiger partial charge in [0, 0.05) is 24.9 Å². The molecule has 3 rings (SSSR count). The first-order valence-corrected chi connectivity index (χ1v) is 10.2. The van der Waals surface area contributed by atoms with Gasteiger partial charge in [0.1, 0.15) is 0 Å². The van der Waals surface area contributed by atoms with Crippen LogP contribution in [0, 0.1) is 18.8 Å². The number of nitrogens with zero attached hydrogens (tertiary/aromatic N) is 1. The maximum absolute atomic E-state index is 13.0. The van der Waals surface area contributed by atoms with Crippen molar-refractivity contribution in [1.29, 1.82) is 0 Å². The van der Waals surface area contributed by atoms with Crippen molar-refractivity contribution in [2.24, 2.45) is 11.8 Å². The van der Waals surface area contributed by atoms with Gasteiger partial charge < -0.3 is 10.2 Å². The molecule has 4 heteroatoms. The molecule has 28 heavy (non-hydrogen) atoms. The molecule has 0 spiro atoms. The molecule has 2 aromatic carbocycles. The summed E-state index contributed by atoms with van der Waals surface area (Å²) in [5.41, 5.74) is 3.36. The summed E-state index contributed by atoms with van der Waals surface area (Å²) in [5.74, 6) is 0.217. The summed E-state index contributed by atoms with van der Waals surface area (Å²) in [6, 6.07) is 18.2. The van der Waals surface area contributed by atoms with Crippen molar-refractivity contribution in [3.8, 4) is 0 Å². The lowest BCUT2D eigenvalue weighted by molar-refractivity contribution is -0.138. The quantitative estimate of drug-likeness (QED) is 0.852. The number of hydrogen-bond donors (Lipinski definition) is 1. The van der Waals surface area contributed by atoms with Crippen LogP contribution < -0.4 is 5.32 Å². The fraction of sp³-hybridized carbons (Fsp3) is 0.417. The maximum atomic E-state index is 13.0. The van der Waals surface area contributed by atoms with Crippen molar-refractivity contribution in [1.82, 2.24) is 10.2 Å². The number of rotatable bonds is 5. The predicted molar refractivity (Wildman–Crippen MR) is 112 cm³/mol. The molecular formula is C24H30N2O2. The zero-order valence-corrected chi connectivity index (χ0v) is 17.0. The molecule has 0 aliphatic carbocycles. The van der Waals surface area contributed by atoms with Gasteiger partial charge in [0.25, 0.3) is 0 Å². The lowest BCUT2D eigenvalue weighted by Crippen LogP contribution is -2.45. The second kappa shape index (κ2) is 9.05. The van der Waals surface area contributed by atoms with Crippen LogP contribution in [0.15, 0.2) is 54.6 Å². The van der Waals surface area contributed by atoms with E-state index in [-0.39, 0.29) is 29.7 Å². The highest BCUT2D eigenvalue weighted by atomic mass is 16.2. The molecule has 2 amide bonds. The molecule has 0 unspecified atom stereocenters. The number of aryl methyl sites for hydroxylation is 1. The fourth-order valence-corrected chi connectivity index (χ4v) is 3.75. The number of hydrogen-bond acceptors (Lipinski definition) is 2. The van der Waals surface area contributed by atoms with Gasteiger partial charge in [-0.2, -0.15) is 0 Å². The molecule has 0 aromatic heterocycles. The highest BCUT2D eigenvalue weighted by Gasteiger charge is 2.29. The average Bonchev–Trinajstić information content (AvgIpc) is 2.72. The molecule has 0 radical (unpaired) electrons. The highest BCUT2D eigenvalue weighted by Crippen LogP contribution is 2.25. The molecule has 1 aliphatic rings. The molecule has 1 saturated heterocycles. The number of carbonyl (C=O) groups is 2. The summed E-state index contributed by atoms with van der Waals surface area (Å²) in [7, 11) is 0. The van der Waals surface area contributed by atoms with Gasteiger partial charge in [0.2, 0.25) is 11.8 Å². The molecule has 1 atom stereocenters. The van der Waals surface area contributed by atoms with Gasteiger partial charge in [-0.15, -0.1) is 0 Å². The fourth-order valence-electron chi connectivity index (χ4n) is 3.75. The van der Waals surface area contributed by atoms with Crippen LogP contribution in [-0.4, -0.2) is 29.8 Å². The van der Waals surface area contributed by atoms with E-state index in [0.29, 0.717) is 13.1 Å². The van der Waals surface area contributed by atoms with E-state index in [1.165, 1.54) is 5.56 Å². The zero-order chi connectivity index (χ0) is 20.1. The second-order valence-electron chi connectivity index (χ2n) is 8.02. The van der Waals surface area contributed by atoms with Crippen molar-refractivity contribution < 1.29 is 9.59 Å². The van der Waals surface area contributed by atoms with E-state index in [1.807, 2.05) is 36.9 Å². The lowest BCUT2D eigenvalue weighted by Gasteiger charge is -2.33. The van der Waals surface area contributed by atoms with E-state index in [4.69, 9.17) is 0 Å². The summed E-state index contributed by atoms with van der Waals surface area (Å²) in [6.07, 6.45) is 1.44. The van der Waals surface area contributed by atoms with E-state index in [1.54, 1.807) is 0 Å². The largest absolute Gasteiger partial charge is 0.345 e. The molecule has 1 heterocycles. The molecule has 148 valence electrons. The smallest absolute Gasteiger partial charge is 0.225 e. The first kappa shape index (κ1) is 20.1. The van der Waals surface area contributed by atoms with E-state index < -0.39 is 0 Å². The lowest BCUT2D eigenvalue weighted by atomic mass is 9.92. The predicted octanol–water partition coefficient (Wildman–Crippen LogP) is 4.10. The van der Waals surface area contributed by atoms with Crippen molar-refractivity contribution in [3.63, 3.8) is 0 Å². The molecule has 1 fully saturated rings. The van der Waals surface area contributed by atoms with Crippen molar-refractivity contribution in [2.45, 2.75) is 39.7 Å². The van der Waals surface area contributed by atoms with Crippen LogP contribution in [-0.2, 0) is 9.59 Å². The van der Waals surface area contributed by atoms with Gasteiger partial charge in [-0.05, 0) is 30.9 Å². The van der Waals surface area contributed by atoms with Crippen LogP contribution in [0.25, 0.3) is 0 Å². The Hall–Kier alpha value is -2.62. The van der Waals surface area contributed by atoms with Crippen molar-refractivity contribution in [2.75, 3.05) is 13.1 Å². The Labute approximate surface area is 167 Å². The molecule has 0 bridgehead atoms. The van der Waals surface area contributed by atoms with Crippen LogP contribution in [0.1, 0.15) is 49.4 Å². The molecule has 2 aromatic rings. The third kappa shape index (κ3) is 4.80. The topological polar surface area (TPSA) is 49.4 Å². The molecule has 0 saturated carbocycles. The average molecular weight is 379 g/mol. The molecule has 1 aliphatic heterocycles. The standard InChI is InChI=1S/C24H30N2O2/c1-17(2)24(28)26-15-13-21(14-16-26)23(27)25-22(19-7-5-4-6-8-19)20-11-9-18(3)10-12-20/h4-12,17,21-22H,13-16H2,1-3H3,(H,25,27)/t22-/m1/s1. The summed E-state index contributed by atoms with van der Waals surface area (Å²) >= 11 is 0. The summed E-state index contributed by atoms with van der Waals surface area (Å²) in [6.45, 7) is 7.23. The third-order valence-electron chi connectivity index (χ3n) is 5.50. The van der Waals surface area contributed by atoms with Crippen LogP contribution in [0.4, 0.5) is 0 Å². The number of benzene rings is 2. The number of likely N-dealkylation sites (tertiary alicyclic amines) is 1. The SMILES string of the molecule is Cc1ccc([C@H](NC(=O)C2CCN(C(=O)C(C)C)CC2)c2ccccc2)cc1. The monoisotopic (exact) mass is 378 g/mol. The van der Waals surface area contributed by atoms with E-state index in [2.05, 4.69) is 48.6 Å². The minimum absolute atomic E-state index is 0.00868. The Morgan fingerprint density at radius 1 is 0.929 bits per heavy atom. The highest BCUT2D eigenvalue weighted by molar-refractivity contribution is 5.81. The summed E-state index contributed by atoms with van der Waals surface area (Å²) in [4.78, 5) is 27.1. The van der Waals surface area contributed by atoms with Crippen molar-refractivity contribution in [3.05, 3.63) is 71.3 Å². The molecule has 1 N–H and O–H groups in total. The van der Waals surface area contributed by atoms with E-state index in [9.17, 15) is 9.59 Å². The first-order chi connectivity index (χ1) is 13.5. The van der Waals surface area contributed by atoms with Crippen LogP contribution in [0.3, 0.4) is 0 Å². The Morgan fingerprint density at radius 2 is 1.50 bits per heavy atom. The van der Waals surface area contributed by atoms with Gasteiger partial charge in [0.15, 0.2) is 0 Å². The number of amides is 2. The van der Waals surface area contributed by atoms with Crippen molar-refractivity contribution >= 4 is 11.8 Å². The van der Waals surface area contributed by atoms with E-state index >= 15 is 0 Å². The Bertz CT molecular complexity index is 791. The van der Waals surface area contributed by atoms with E-state index in [0.717, 1.165) is 24.0 Å². The normalized spacial score (nSPS) is 16.1. The Morgan fingerprint density at radius 3 is 2.07 bits per heavy atom.